The maximum absolute atomic E-state index is 5.23. The van der Waals surface area contributed by atoms with Gasteiger partial charge in [0.2, 0.25) is 0 Å². The average Bonchev–Trinajstić information content (AvgIpc) is 3.81. The van der Waals surface area contributed by atoms with Crippen molar-refractivity contribution in [2.45, 2.75) is 0 Å². The Hall–Kier alpha value is -7.53. The van der Waals surface area contributed by atoms with Crippen molar-refractivity contribution < 1.29 is 0 Å². The van der Waals surface area contributed by atoms with Gasteiger partial charge in [0.1, 0.15) is 0 Å². The molecule has 11 aromatic rings. The zero-order valence-corrected chi connectivity index (χ0v) is 32.8. The van der Waals surface area contributed by atoms with Crippen LogP contribution in [0.25, 0.3) is 110 Å². The molecule has 0 aliphatic rings. The van der Waals surface area contributed by atoms with E-state index in [0.717, 1.165) is 43.3 Å². The number of aromatic nitrogens is 3. The summed E-state index contributed by atoms with van der Waals surface area (Å²) in [5, 5.41) is 8.02. The zero-order chi connectivity index (χ0) is 39.1. The predicted octanol–water partition coefficient (Wildman–Crippen LogP) is 15.1. The number of benzene rings is 9. The molecule has 59 heavy (non-hydrogen) atoms. The number of thiophene rings is 1. The SMILES string of the molecule is c1ccc(-c2cccc(-c3ccc4ccc(-c5nc(-c6cccc(-c7ccc(-c8ccccc8)c8ccccc78)c6)nc(-c6cccc7ccsc67)n5)cc4c3)c2)cc1. The lowest BCUT2D eigenvalue weighted by molar-refractivity contribution is 1.08. The first-order chi connectivity index (χ1) is 29.2. The molecule has 2 aromatic heterocycles. The van der Waals surface area contributed by atoms with Crippen LogP contribution in [-0.2, 0) is 0 Å². The Kier molecular flexibility index (Phi) is 8.68. The fraction of sp³-hybridized carbons (Fsp3) is 0. The Morgan fingerprint density at radius 2 is 0.780 bits per heavy atom. The summed E-state index contributed by atoms with van der Waals surface area (Å²) in [6, 6.07) is 73.4. The van der Waals surface area contributed by atoms with Gasteiger partial charge in [-0.2, -0.15) is 0 Å². The van der Waals surface area contributed by atoms with E-state index in [1.807, 2.05) is 0 Å². The second-order valence-electron chi connectivity index (χ2n) is 14.8. The van der Waals surface area contributed by atoms with E-state index in [4.69, 9.17) is 15.0 Å². The monoisotopic (exact) mass is 769 g/mol. The fourth-order valence-electron chi connectivity index (χ4n) is 8.24. The summed E-state index contributed by atoms with van der Waals surface area (Å²) in [6.07, 6.45) is 0. The van der Waals surface area contributed by atoms with Crippen LogP contribution in [0.5, 0.6) is 0 Å². The molecule has 11 rings (SSSR count). The molecular formula is C55H35N3S. The highest BCUT2D eigenvalue weighted by atomic mass is 32.1. The molecule has 0 bridgehead atoms. The van der Waals surface area contributed by atoms with Gasteiger partial charge in [0, 0.05) is 21.4 Å². The van der Waals surface area contributed by atoms with Gasteiger partial charge < -0.3 is 0 Å². The lowest BCUT2D eigenvalue weighted by atomic mass is 9.91. The molecule has 0 N–H and O–H groups in total. The van der Waals surface area contributed by atoms with E-state index >= 15 is 0 Å². The summed E-state index contributed by atoms with van der Waals surface area (Å²) in [7, 11) is 0. The van der Waals surface area contributed by atoms with Gasteiger partial charge in [-0.3, -0.25) is 0 Å². The third-order valence-electron chi connectivity index (χ3n) is 11.2. The molecule has 9 aromatic carbocycles. The van der Waals surface area contributed by atoms with Crippen LogP contribution in [0.1, 0.15) is 0 Å². The van der Waals surface area contributed by atoms with Gasteiger partial charge in [-0.25, -0.2) is 15.0 Å². The largest absolute Gasteiger partial charge is 0.208 e. The van der Waals surface area contributed by atoms with Crippen molar-refractivity contribution in [1.29, 1.82) is 0 Å². The molecule has 0 aliphatic heterocycles. The van der Waals surface area contributed by atoms with Gasteiger partial charge >= 0.3 is 0 Å². The Bertz CT molecular complexity index is 3330. The molecule has 0 unspecified atom stereocenters. The highest BCUT2D eigenvalue weighted by Gasteiger charge is 2.17. The van der Waals surface area contributed by atoms with Crippen molar-refractivity contribution in [1.82, 2.24) is 15.0 Å². The molecule has 3 nitrogen and oxygen atoms in total. The third-order valence-corrected chi connectivity index (χ3v) is 12.2. The van der Waals surface area contributed by atoms with E-state index in [1.165, 1.54) is 49.5 Å². The molecule has 4 heteroatoms. The molecule has 0 aliphatic carbocycles. The van der Waals surface area contributed by atoms with Gasteiger partial charge in [0.15, 0.2) is 17.5 Å². The predicted molar refractivity (Wildman–Crippen MR) is 248 cm³/mol. The number of fused-ring (bicyclic) bond motifs is 3. The van der Waals surface area contributed by atoms with Gasteiger partial charge in [0.25, 0.3) is 0 Å². The van der Waals surface area contributed by atoms with E-state index in [9.17, 15) is 0 Å². The molecule has 0 atom stereocenters. The summed E-state index contributed by atoms with van der Waals surface area (Å²) in [5.74, 6) is 1.94. The van der Waals surface area contributed by atoms with E-state index in [-0.39, 0.29) is 0 Å². The molecule has 276 valence electrons. The molecule has 0 spiro atoms. The van der Waals surface area contributed by atoms with Crippen LogP contribution in [0.4, 0.5) is 0 Å². The van der Waals surface area contributed by atoms with Crippen LogP contribution in [0, 0.1) is 0 Å². The second kappa shape index (κ2) is 14.8. The Morgan fingerprint density at radius 1 is 0.271 bits per heavy atom. The van der Waals surface area contributed by atoms with Gasteiger partial charge in [-0.15, -0.1) is 11.3 Å². The standard InChI is InChI=1S/C55H35N3S/c1-3-12-36(13-4-1)40-17-9-18-41(32-40)42-26-24-37-25-27-45(35-46(37)33-42)54-56-53(57-55(58-54)51-23-11-16-39-30-31-59-52(39)51)44-20-10-19-43(34-44)48-29-28-47(38-14-5-2-6-15-38)49-21-7-8-22-50(48)49/h1-35H. The molecule has 2 heterocycles. The van der Waals surface area contributed by atoms with E-state index in [2.05, 4.69) is 212 Å². The van der Waals surface area contributed by atoms with E-state index in [1.54, 1.807) is 11.3 Å². The number of nitrogens with zero attached hydrogens (tertiary/aromatic N) is 3. The third kappa shape index (κ3) is 6.56. The van der Waals surface area contributed by atoms with Crippen LogP contribution in [-0.4, -0.2) is 15.0 Å². The first kappa shape index (κ1) is 34.7. The first-order valence-corrected chi connectivity index (χ1v) is 20.7. The number of rotatable bonds is 7. The smallest absolute Gasteiger partial charge is 0.165 e. The lowest BCUT2D eigenvalue weighted by Crippen LogP contribution is -2.00. The fourth-order valence-corrected chi connectivity index (χ4v) is 9.15. The minimum Gasteiger partial charge on any atom is -0.208 e. The van der Waals surface area contributed by atoms with Crippen molar-refractivity contribution in [2.24, 2.45) is 0 Å². The van der Waals surface area contributed by atoms with Crippen LogP contribution < -0.4 is 0 Å². The quantitative estimate of drug-likeness (QED) is 0.162. The Labute approximate surface area is 346 Å². The summed E-state index contributed by atoms with van der Waals surface area (Å²) < 4.78 is 1.16. The highest BCUT2D eigenvalue weighted by Crippen LogP contribution is 2.38. The molecule has 0 radical (unpaired) electrons. The lowest BCUT2D eigenvalue weighted by Gasteiger charge is -2.13. The van der Waals surface area contributed by atoms with Crippen LogP contribution >= 0.6 is 11.3 Å². The van der Waals surface area contributed by atoms with E-state index in [0.29, 0.717) is 17.5 Å². The normalized spacial score (nSPS) is 11.4. The molecule has 0 saturated heterocycles. The van der Waals surface area contributed by atoms with Crippen molar-refractivity contribution in [3.8, 4) is 78.7 Å². The van der Waals surface area contributed by atoms with Gasteiger partial charge in [-0.05, 0) is 113 Å². The van der Waals surface area contributed by atoms with Crippen molar-refractivity contribution in [2.75, 3.05) is 0 Å². The molecule has 0 fully saturated rings. The van der Waals surface area contributed by atoms with Crippen LogP contribution in [0.15, 0.2) is 212 Å². The summed E-state index contributed by atoms with van der Waals surface area (Å²) in [6.45, 7) is 0. The molecular weight excluding hydrogens is 735 g/mol. The number of hydrogen-bond donors (Lipinski definition) is 0. The molecule has 0 amide bonds. The van der Waals surface area contributed by atoms with Crippen LogP contribution in [0.2, 0.25) is 0 Å². The summed E-state index contributed by atoms with van der Waals surface area (Å²) in [5.41, 5.74) is 12.3. The molecule has 0 saturated carbocycles. The van der Waals surface area contributed by atoms with Crippen molar-refractivity contribution in [3.63, 3.8) is 0 Å². The second-order valence-corrected chi connectivity index (χ2v) is 15.7. The summed E-state index contributed by atoms with van der Waals surface area (Å²) >= 11 is 1.71. The Morgan fingerprint density at radius 3 is 1.53 bits per heavy atom. The summed E-state index contributed by atoms with van der Waals surface area (Å²) in [4.78, 5) is 15.7. The van der Waals surface area contributed by atoms with Crippen molar-refractivity contribution in [3.05, 3.63) is 212 Å². The highest BCUT2D eigenvalue weighted by molar-refractivity contribution is 7.17. The zero-order valence-electron chi connectivity index (χ0n) is 32.0. The maximum atomic E-state index is 5.23. The minimum atomic E-state index is 0.636. The van der Waals surface area contributed by atoms with Crippen molar-refractivity contribution >= 4 is 43.0 Å². The van der Waals surface area contributed by atoms with Gasteiger partial charge in [0.05, 0.1) is 0 Å². The minimum absolute atomic E-state index is 0.636. The van der Waals surface area contributed by atoms with Crippen LogP contribution in [0.3, 0.4) is 0 Å². The Balaban J connectivity index is 1.04. The van der Waals surface area contributed by atoms with E-state index < -0.39 is 0 Å². The number of hydrogen-bond acceptors (Lipinski definition) is 4. The average molecular weight is 770 g/mol. The maximum Gasteiger partial charge on any atom is 0.165 e. The van der Waals surface area contributed by atoms with Gasteiger partial charge in [-0.1, -0.05) is 170 Å². The first-order valence-electron chi connectivity index (χ1n) is 19.8. The topological polar surface area (TPSA) is 38.7 Å².